The normalized spacial score (nSPS) is 22.9. The number of carbonyl (C=O) groups excluding carboxylic acids is 1. The van der Waals surface area contributed by atoms with E-state index in [2.05, 4.69) is 22.3 Å². The molecule has 24 heavy (non-hydrogen) atoms. The van der Waals surface area contributed by atoms with Crippen molar-refractivity contribution in [2.24, 2.45) is 5.92 Å². The molecule has 0 fully saturated rings. The first kappa shape index (κ1) is 15.4. The first-order valence-electron chi connectivity index (χ1n) is 7.86. The number of ketones is 1. The van der Waals surface area contributed by atoms with Gasteiger partial charge in [-0.05, 0) is 36.3 Å². The van der Waals surface area contributed by atoms with Gasteiger partial charge in [-0.2, -0.15) is 4.98 Å². The van der Waals surface area contributed by atoms with Gasteiger partial charge in [0.2, 0.25) is 11.1 Å². The standard InChI is InChI=1S/C17H17FN4OS/c1-9-6-12-14(13(23)7-9)15(10-4-3-5-11(18)8-10)22-16(19-12)20-17(21-22)24-2/h3-5,8-9,15H,6-7H2,1-2H3,(H,19,20,21)/t9-,15+/m0/s1. The van der Waals surface area contributed by atoms with E-state index in [-0.39, 0.29) is 17.5 Å². The van der Waals surface area contributed by atoms with Crippen LogP contribution in [0.5, 0.6) is 0 Å². The van der Waals surface area contributed by atoms with Crippen LogP contribution in [0.2, 0.25) is 0 Å². The quantitative estimate of drug-likeness (QED) is 0.846. The predicted molar refractivity (Wildman–Crippen MR) is 90.4 cm³/mol. The molecule has 1 aromatic carbocycles. The number of fused-ring (bicyclic) bond motifs is 1. The van der Waals surface area contributed by atoms with Gasteiger partial charge in [-0.25, -0.2) is 9.07 Å². The Morgan fingerprint density at radius 1 is 1.38 bits per heavy atom. The largest absolute Gasteiger partial charge is 0.328 e. The smallest absolute Gasteiger partial charge is 0.227 e. The Hall–Kier alpha value is -2.15. The number of rotatable bonds is 2. The summed E-state index contributed by atoms with van der Waals surface area (Å²) < 4.78 is 15.5. The maximum Gasteiger partial charge on any atom is 0.227 e. The number of allylic oxidation sites excluding steroid dienone is 2. The molecule has 2 heterocycles. The van der Waals surface area contributed by atoms with Crippen molar-refractivity contribution in [1.29, 1.82) is 0 Å². The van der Waals surface area contributed by atoms with Crippen molar-refractivity contribution >= 4 is 23.5 Å². The van der Waals surface area contributed by atoms with Crippen molar-refractivity contribution in [3.8, 4) is 0 Å². The summed E-state index contributed by atoms with van der Waals surface area (Å²) in [5, 5.41) is 8.39. The minimum atomic E-state index is -0.430. The maximum absolute atomic E-state index is 13.8. The Balaban J connectivity index is 1.92. The molecule has 5 nitrogen and oxygen atoms in total. The van der Waals surface area contributed by atoms with Crippen LogP contribution in [-0.4, -0.2) is 26.8 Å². The fraction of sp³-hybridized carbons (Fsp3) is 0.353. The van der Waals surface area contributed by atoms with Gasteiger partial charge in [0.15, 0.2) is 5.78 Å². The summed E-state index contributed by atoms with van der Waals surface area (Å²) in [6.45, 7) is 2.06. The average molecular weight is 344 g/mol. The number of benzene rings is 1. The van der Waals surface area contributed by atoms with Crippen molar-refractivity contribution in [2.75, 3.05) is 11.6 Å². The number of nitrogens with zero attached hydrogens (tertiary/aromatic N) is 3. The highest BCUT2D eigenvalue weighted by atomic mass is 32.2. The van der Waals surface area contributed by atoms with Gasteiger partial charge in [0.1, 0.15) is 11.9 Å². The van der Waals surface area contributed by atoms with Crippen LogP contribution >= 0.6 is 11.8 Å². The molecular weight excluding hydrogens is 327 g/mol. The molecule has 1 aromatic heterocycles. The second kappa shape index (κ2) is 5.73. The summed E-state index contributed by atoms with van der Waals surface area (Å²) in [5.41, 5.74) is 2.29. The number of carbonyl (C=O) groups is 1. The van der Waals surface area contributed by atoms with Crippen molar-refractivity contribution in [2.45, 2.75) is 31.0 Å². The van der Waals surface area contributed by atoms with E-state index in [9.17, 15) is 9.18 Å². The third kappa shape index (κ3) is 2.43. The van der Waals surface area contributed by atoms with E-state index >= 15 is 0 Å². The highest BCUT2D eigenvalue weighted by molar-refractivity contribution is 7.98. The zero-order valence-corrected chi connectivity index (χ0v) is 14.2. The van der Waals surface area contributed by atoms with E-state index < -0.39 is 6.04 Å². The van der Waals surface area contributed by atoms with Gasteiger partial charge in [-0.1, -0.05) is 30.8 Å². The van der Waals surface area contributed by atoms with E-state index in [1.807, 2.05) is 12.3 Å². The van der Waals surface area contributed by atoms with E-state index in [0.717, 1.165) is 12.1 Å². The SMILES string of the molecule is CSc1nc2n(n1)[C@H](c1cccc(F)c1)C1=C(C[C@H](C)CC1=O)N2. The third-order valence-corrected chi connectivity index (χ3v) is 4.99. The fourth-order valence-corrected chi connectivity index (χ4v) is 3.81. The summed E-state index contributed by atoms with van der Waals surface area (Å²) in [6, 6.07) is 5.94. The molecule has 0 unspecified atom stereocenters. The number of hydrogen-bond acceptors (Lipinski definition) is 5. The lowest BCUT2D eigenvalue weighted by Gasteiger charge is -2.34. The summed E-state index contributed by atoms with van der Waals surface area (Å²) in [7, 11) is 0. The number of anilines is 1. The Morgan fingerprint density at radius 2 is 2.21 bits per heavy atom. The first-order valence-corrected chi connectivity index (χ1v) is 9.08. The Bertz CT molecular complexity index is 860. The second-order valence-corrected chi connectivity index (χ2v) is 7.05. The fourth-order valence-electron chi connectivity index (χ4n) is 3.46. The molecule has 1 N–H and O–H groups in total. The molecule has 124 valence electrons. The van der Waals surface area contributed by atoms with Crippen LogP contribution in [-0.2, 0) is 4.79 Å². The molecule has 0 saturated carbocycles. The second-order valence-electron chi connectivity index (χ2n) is 6.28. The van der Waals surface area contributed by atoms with Crippen LogP contribution in [0.3, 0.4) is 0 Å². The van der Waals surface area contributed by atoms with E-state index in [0.29, 0.717) is 28.7 Å². The number of aromatic nitrogens is 3. The lowest BCUT2D eigenvalue weighted by Crippen LogP contribution is -2.33. The van der Waals surface area contributed by atoms with Crippen LogP contribution in [0.1, 0.15) is 31.4 Å². The minimum absolute atomic E-state index is 0.0948. The predicted octanol–water partition coefficient (Wildman–Crippen LogP) is 3.41. The summed E-state index contributed by atoms with van der Waals surface area (Å²) in [6.07, 6.45) is 3.19. The molecule has 0 bridgehead atoms. The number of thioether (sulfide) groups is 1. The molecule has 1 aliphatic heterocycles. The lowest BCUT2D eigenvalue weighted by atomic mass is 9.81. The Morgan fingerprint density at radius 3 is 2.96 bits per heavy atom. The zero-order chi connectivity index (χ0) is 16.8. The van der Waals surface area contributed by atoms with Crippen molar-refractivity contribution in [1.82, 2.24) is 14.8 Å². The molecule has 2 atom stereocenters. The molecule has 0 saturated heterocycles. The Labute approximate surface area is 143 Å². The van der Waals surface area contributed by atoms with Crippen LogP contribution in [0, 0.1) is 11.7 Å². The number of nitrogens with one attached hydrogen (secondary N) is 1. The molecule has 0 radical (unpaired) electrons. The van der Waals surface area contributed by atoms with Crippen molar-refractivity contribution < 1.29 is 9.18 Å². The van der Waals surface area contributed by atoms with Crippen LogP contribution in [0.15, 0.2) is 40.7 Å². The van der Waals surface area contributed by atoms with Crippen molar-refractivity contribution in [3.63, 3.8) is 0 Å². The van der Waals surface area contributed by atoms with E-state index in [1.54, 1.807) is 10.7 Å². The maximum atomic E-state index is 13.8. The number of Topliss-reactive ketones (excluding diaryl/α,β-unsaturated/α-hetero) is 1. The third-order valence-electron chi connectivity index (χ3n) is 4.45. The molecule has 4 rings (SSSR count). The van der Waals surface area contributed by atoms with Gasteiger partial charge in [0.25, 0.3) is 0 Å². The monoisotopic (exact) mass is 344 g/mol. The topological polar surface area (TPSA) is 59.8 Å². The van der Waals surface area contributed by atoms with Gasteiger partial charge in [0.05, 0.1) is 0 Å². The molecule has 0 amide bonds. The van der Waals surface area contributed by atoms with Gasteiger partial charge < -0.3 is 5.32 Å². The van der Waals surface area contributed by atoms with Gasteiger partial charge >= 0.3 is 0 Å². The number of hydrogen-bond donors (Lipinski definition) is 1. The highest BCUT2D eigenvalue weighted by Crippen LogP contribution is 2.41. The lowest BCUT2D eigenvalue weighted by molar-refractivity contribution is -0.117. The van der Waals surface area contributed by atoms with E-state index in [4.69, 9.17) is 0 Å². The molecule has 2 aromatic rings. The molecule has 2 aliphatic rings. The van der Waals surface area contributed by atoms with Crippen LogP contribution < -0.4 is 5.32 Å². The van der Waals surface area contributed by atoms with Gasteiger partial charge in [0, 0.05) is 17.7 Å². The number of halogens is 1. The van der Waals surface area contributed by atoms with Gasteiger partial charge in [-0.15, -0.1) is 5.10 Å². The molecule has 7 heteroatoms. The summed E-state index contributed by atoms with van der Waals surface area (Å²) in [4.78, 5) is 17.2. The van der Waals surface area contributed by atoms with Gasteiger partial charge in [-0.3, -0.25) is 4.79 Å². The zero-order valence-electron chi connectivity index (χ0n) is 13.4. The Kier molecular flexibility index (Phi) is 3.68. The highest BCUT2D eigenvalue weighted by Gasteiger charge is 2.38. The molecular formula is C17H17FN4OS. The summed E-state index contributed by atoms with van der Waals surface area (Å²) >= 11 is 1.44. The first-order chi connectivity index (χ1) is 11.6. The van der Waals surface area contributed by atoms with Crippen molar-refractivity contribution in [3.05, 3.63) is 46.9 Å². The minimum Gasteiger partial charge on any atom is -0.328 e. The van der Waals surface area contributed by atoms with E-state index in [1.165, 1.54) is 23.9 Å². The average Bonchev–Trinajstić information content (AvgIpc) is 2.95. The van der Waals surface area contributed by atoms with Crippen LogP contribution in [0.4, 0.5) is 10.3 Å². The molecule has 0 spiro atoms. The summed E-state index contributed by atoms with van der Waals surface area (Å²) in [5.74, 6) is 0.662. The van der Waals surface area contributed by atoms with Crippen LogP contribution in [0.25, 0.3) is 0 Å². The molecule has 1 aliphatic carbocycles.